The van der Waals surface area contributed by atoms with Crippen LogP contribution < -0.4 is 11.1 Å². The molecule has 2 rings (SSSR count). The number of hydrogen-bond donors (Lipinski definition) is 2. The lowest BCUT2D eigenvalue weighted by molar-refractivity contribution is 0.602. The minimum absolute atomic E-state index is 0.0199. The van der Waals surface area contributed by atoms with Crippen molar-refractivity contribution in [2.24, 2.45) is 0 Å². The normalized spacial score (nSPS) is 23.2. The molecule has 1 heterocycles. The summed E-state index contributed by atoms with van der Waals surface area (Å²) in [7, 11) is -2.85. The van der Waals surface area contributed by atoms with Crippen LogP contribution in [-0.4, -0.2) is 26.0 Å². The molecular formula is C10H13BrN2O2S. The van der Waals surface area contributed by atoms with E-state index in [1.165, 1.54) is 0 Å². The summed E-state index contributed by atoms with van der Waals surface area (Å²) in [5, 5.41) is 3.17. The smallest absolute Gasteiger partial charge is 0.152 e. The summed E-state index contributed by atoms with van der Waals surface area (Å²) in [6.45, 7) is 0. The number of halogens is 1. The molecule has 1 fully saturated rings. The number of nitrogen functional groups attached to an aromatic ring is 1. The van der Waals surface area contributed by atoms with Crippen LogP contribution in [0, 0.1) is 0 Å². The number of nitrogens with one attached hydrogen (secondary N) is 1. The lowest BCUT2D eigenvalue weighted by atomic mass is 10.2. The maximum atomic E-state index is 11.3. The molecule has 4 nitrogen and oxygen atoms in total. The van der Waals surface area contributed by atoms with E-state index in [2.05, 4.69) is 21.2 Å². The highest BCUT2D eigenvalue weighted by molar-refractivity contribution is 9.10. The molecule has 88 valence electrons. The van der Waals surface area contributed by atoms with Gasteiger partial charge in [0.15, 0.2) is 9.84 Å². The SMILES string of the molecule is Nc1cc(Br)ccc1NC1CCS(=O)(=O)C1. The van der Waals surface area contributed by atoms with Gasteiger partial charge < -0.3 is 11.1 Å². The van der Waals surface area contributed by atoms with Gasteiger partial charge in [0.1, 0.15) is 0 Å². The Bertz CT molecular complexity index is 502. The van der Waals surface area contributed by atoms with Crippen LogP contribution in [0.2, 0.25) is 0 Å². The highest BCUT2D eigenvalue weighted by atomic mass is 79.9. The fraction of sp³-hybridized carbons (Fsp3) is 0.400. The van der Waals surface area contributed by atoms with Gasteiger partial charge in [-0.15, -0.1) is 0 Å². The molecule has 0 saturated carbocycles. The zero-order valence-electron chi connectivity index (χ0n) is 8.61. The summed E-state index contributed by atoms with van der Waals surface area (Å²) in [4.78, 5) is 0. The van der Waals surface area contributed by atoms with Crippen LogP contribution in [0.5, 0.6) is 0 Å². The second-order valence-electron chi connectivity index (χ2n) is 3.98. The third-order valence-corrected chi connectivity index (χ3v) is 4.87. The van der Waals surface area contributed by atoms with E-state index in [-0.39, 0.29) is 17.5 Å². The highest BCUT2D eigenvalue weighted by Gasteiger charge is 2.27. The molecule has 16 heavy (non-hydrogen) atoms. The van der Waals surface area contributed by atoms with Crippen molar-refractivity contribution in [3.63, 3.8) is 0 Å². The first-order valence-corrected chi connectivity index (χ1v) is 7.60. The molecule has 3 N–H and O–H groups in total. The van der Waals surface area contributed by atoms with Gasteiger partial charge in [0.05, 0.1) is 22.9 Å². The maximum absolute atomic E-state index is 11.3. The molecule has 6 heteroatoms. The van der Waals surface area contributed by atoms with E-state index in [0.29, 0.717) is 12.1 Å². The van der Waals surface area contributed by atoms with E-state index < -0.39 is 9.84 Å². The molecule has 1 atom stereocenters. The fourth-order valence-electron chi connectivity index (χ4n) is 1.79. The van der Waals surface area contributed by atoms with Gasteiger partial charge in [-0.2, -0.15) is 0 Å². The lowest BCUT2D eigenvalue weighted by Gasteiger charge is -2.14. The Labute approximate surface area is 103 Å². The van der Waals surface area contributed by atoms with Crippen LogP contribution in [-0.2, 0) is 9.84 Å². The number of nitrogens with two attached hydrogens (primary N) is 1. The van der Waals surface area contributed by atoms with Gasteiger partial charge in [-0.25, -0.2) is 8.42 Å². The van der Waals surface area contributed by atoms with Gasteiger partial charge in [0, 0.05) is 10.5 Å². The number of anilines is 2. The van der Waals surface area contributed by atoms with E-state index in [9.17, 15) is 8.42 Å². The van der Waals surface area contributed by atoms with Gasteiger partial charge in [-0.3, -0.25) is 0 Å². The van der Waals surface area contributed by atoms with Crippen LogP contribution >= 0.6 is 15.9 Å². The highest BCUT2D eigenvalue weighted by Crippen LogP contribution is 2.25. The molecule has 0 spiro atoms. The van der Waals surface area contributed by atoms with Crippen LogP contribution in [0.15, 0.2) is 22.7 Å². The number of hydrogen-bond acceptors (Lipinski definition) is 4. The standard InChI is InChI=1S/C10H13BrN2O2S/c11-7-1-2-10(9(12)5-7)13-8-3-4-16(14,15)6-8/h1-2,5,8,13H,3-4,6,12H2. The Morgan fingerprint density at radius 2 is 2.19 bits per heavy atom. The van der Waals surface area contributed by atoms with Crippen molar-refractivity contribution < 1.29 is 8.42 Å². The molecule has 0 bridgehead atoms. The predicted octanol–water partition coefficient (Wildman–Crippen LogP) is 1.63. The van der Waals surface area contributed by atoms with E-state index in [1.807, 2.05) is 12.1 Å². The minimum atomic E-state index is -2.85. The number of benzene rings is 1. The molecular weight excluding hydrogens is 292 g/mol. The number of rotatable bonds is 2. The van der Waals surface area contributed by atoms with Crippen molar-refractivity contribution in [2.75, 3.05) is 22.6 Å². The maximum Gasteiger partial charge on any atom is 0.152 e. The molecule has 1 aliphatic rings. The van der Waals surface area contributed by atoms with Crippen molar-refractivity contribution >= 4 is 37.1 Å². The first-order valence-electron chi connectivity index (χ1n) is 4.98. The number of sulfone groups is 1. The molecule has 0 aromatic heterocycles. The average molecular weight is 305 g/mol. The van der Waals surface area contributed by atoms with E-state index in [1.54, 1.807) is 6.07 Å². The van der Waals surface area contributed by atoms with E-state index in [4.69, 9.17) is 5.73 Å². The third-order valence-electron chi connectivity index (χ3n) is 2.61. The van der Waals surface area contributed by atoms with E-state index >= 15 is 0 Å². The van der Waals surface area contributed by atoms with Crippen molar-refractivity contribution in [2.45, 2.75) is 12.5 Å². The van der Waals surface area contributed by atoms with Gasteiger partial charge >= 0.3 is 0 Å². The van der Waals surface area contributed by atoms with Crippen LogP contribution in [0.3, 0.4) is 0 Å². The van der Waals surface area contributed by atoms with Crippen molar-refractivity contribution in [1.82, 2.24) is 0 Å². The Morgan fingerprint density at radius 3 is 2.75 bits per heavy atom. The second-order valence-corrected chi connectivity index (χ2v) is 7.12. The Balaban J connectivity index is 2.11. The summed E-state index contributed by atoms with van der Waals surface area (Å²) in [5.74, 6) is 0.462. The quantitative estimate of drug-likeness (QED) is 0.815. The monoisotopic (exact) mass is 304 g/mol. The Morgan fingerprint density at radius 1 is 1.44 bits per heavy atom. The predicted molar refractivity (Wildman–Crippen MR) is 69.2 cm³/mol. The third kappa shape index (κ3) is 2.68. The van der Waals surface area contributed by atoms with Crippen molar-refractivity contribution in [1.29, 1.82) is 0 Å². The zero-order valence-corrected chi connectivity index (χ0v) is 11.0. The molecule has 1 aliphatic heterocycles. The first-order chi connectivity index (χ1) is 7.46. The minimum Gasteiger partial charge on any atom is -0.397 e. The molecule has 1 aromatic rings. The van der Waals surface area contributed by atoms with Gasteiger partial charge in [-0.05, 0) is 24.6 Å². The van der Waals surface area contributed by atoms with Crippen molar-refractivity contribution in [3.05, 3.63) is 22.7 Å². The summed E-state index contributed by atoms with van der Waals surface area (Å²) in [6.07, 6.45) is 0.651. The largest absolute Gasteiger partial charge is 0.397 e. The summed E-state index contributed by atoms with van der Waals surface area (Å²) in [5.41, 5.74) is 7.25. The fourth-order valence-corrected chi connectivity index (χ4v) is 3.85. The zero-order chi connectivity index (χ0) is 11.8. The van der Waals surface area contributed by atoms with E-state index in [0.717, 1.165) is 10.2 Å². The summed E-state index contributed by atoms with van der Waals surface area (Å²) in [6, 6.07) is 5.51. The molecule has 1 aromatic carbocycles. The summed E-state index contributed by atoms with van der Waals surface area (Å²) >= 11 is 3.32. The van der Waals surface area contributed by atoms with Crippen LogP contribution in [0.25, 0.3) is 0 Å². The lowest BCUT2D eigenvalue weighted by Crippen LogP contribution is -2.21. The Hall–Kier alpha value is -0.750. The Kier molecular flexibility index (Phi) is 3.12. The molecule has 0 aliphatic carbocycles. The average Bonchev–Trinajstić information content (AvgIpc) is 2.51. The van der Waals surface area contributed by atoms with Crippen LogP contribution in [0.4, 0.5) is 11.4 Å². The molecule has 0 radical (unpaired) electrons. The van der Waals surface area contributed by atoms with Gasteiger partial charge in [-0.1, -0.05) is 15.9 Å². The van der Waals surface area contributed by atoms with Gasteiger partial charge in [0.2, 0.25) is 0 Å². The van der Waals surface area contributed by atoms with Gasteiger partial charge in [0.25, 0.3) is 0 Å². The topological polar surface area (TPSA) is 72.2 Å². The van der Waals surface area contributed by atoms with Crippen LogP contribution in [0.1, 0.15) is 6.42 Å². The molecule has 0 amide bonds. The first kappa shape index (κ1) is 11.7. The van der Waals surface area contributed by atoms with Crippen molar-refractivity contribution in [3.8, 4) is 0 Å². The molecule has 1 unspecified atom stereocenters. The summed E-state index contributed by atoms with van der Waals surface area (Å²) < 4.78 is 23.5. The second kappa shape index (κ2) is 4.25. The molecule has 1 saturated heterocycles.